The maximum Gasteiger partial charge on any atom is 0.0473 e. The van der Waals surface area contributed by atoms with Crippen LogP contribution in [-0.4, -0.2) is 0 Å². The van der Waals surface area contributed by atoms with Crippen LogP contribution in [-0.2, 0) is 0 Å². The van der Waals surface area contributed by atoms with Crippen LogP contribution in [0.25, 0.3) is 110 Å². The van der Waals surface area contributed by atoms with Crippen molar-refractivity contribution in [3.63, 3.8) is 0 Å². The van der Waals surface area contributed by atoms with Crippen LogP contribution in [0.15, 0.2) is 285 Å². The topological polar surface area (TPSA) is 3.24 Å². The minimum Gasteiger partial charge on any atom is -0.310 e. The first-order valence-electron chi connectivity index (χ1n) is 24.5. The molecule has 0 spiro atoms. The summed E-state index contributed by atoms with van der Waals surface area (Å²) in [5.41, 5.74) is 17.4. The van der Waals surface area contributed by atoms with Crippen LogP contribution >= 0.6 is 0 Å². The minimum absolute atomic E-state index is 1.07. The first-order chi connectivity index (χ1) is 35.2. The molecule has 0 N–H and O–H groups in total. The lowest BCUT2D eigenvalue weighted by Crippen LogP contribution is -2.11. The van der Waals surface area contributed by atoms with Crippen molar-refractivity contribution in [2.24, 2.45) is 0 Å². The maximum atomic E-state index is 2.45. The highest BCUT2D eigenvalue weighted by Gasteiger charge is 2.20. The van der Waals surface area contributed by atoms with Gasteiger partial charge in [0, 0.05) is 17.1 Å². The number of hydrogen-bond donors (Lipinski definition) is 0. The highest BCUT2D eigenvalue weighted by atomic mass is 15.1. The molecule has 13 rings (SSSR count). The zero-order chi connectivity index (χ0) is 47.1. The lowest BCUT2D eigenvalue weighted by Gasteiger charge is -2.28. The third kappa shape index (κ3) is 7.90. The molecule has 0 heterocycles. The molecular formula is C70H47N. The number of fused-ring (bicyclic) bond motifs is 6. The Morgan fingerprint density at radius 1 is 0.169 bits per heavy atom. The molecule has 0 atom stereocenters. The Morgan fingerprint density at radius 3 is 1.30 bits per heavy atom. The van der Waals surface area contributed by atoms with Gasteiger partial charge in [0.05, 0.1) is 0 Å². The zero-order valence-electron chi connectivity index (χ0n) is 39.1. The van der Waals surface area contributed by atoms with Gasteiger partial charge in [-0.15, -0.1) is 0 Å². The highest BCUT2D eigenvalue weighted by Crippen LogP contribution is 2.46. The Bertz CT molecular complexity index is 4070. The van der Waals surface area contributed by atoms with Crippen LogP contribution in [0.2, 0.25) is 0 Å². The van der Waals surface area contributed by atoms with E-state index in [9.17, 15) is 0 Å². The summed E-state index contributed by atoms with van der Waals surface area (Å²) in [6, 6.07) is 105. The lowest BCUT2D eigenvalue weighted by atomic mass is 9.89. The molecule has 0 radical (unpaired) electrons. The average Bonchev–Trinajstić information content (AvgIpc) is 3.45. The summed E-state index contributed by atoms with van der Waals surface area (Å²) in [5, 5.41) is 9.88. The second kappa shape index (κ2) is 18.0. The molecule has 0 aromatic heterocycles. The summed E-state index contributed by atoms with van der Waals surface area (Å²) in [4.78, 5) is 2.45. The molecule has 1 heteroatoms. The largest absolute Gasteiger partial charge is 0.310 e. The first-order valence-corrected chi connectivity index (χ1v) is 24.5. The summed E-state index contributed by atoms with van der Waals surface area (Å²) in [6.07, 6.45) is 0. The van der Waals surface area contributed by atoms with E-state index in [1.807, 2.05) is 0 Å². The predicted molar refractivity (Wildman–Crippen MR) is 304 cm³/mol. The summed E-state index contributed by atoms with van der Waals surface area (Å²) in [6.45, 7) is 0. The molecule has 0 aliphatic carbocycles. The molecule has 0 aliphatic heterocycles. The van der Waals surface area contributed by atoms with Gasteiger partial charge in [0.1, 0.15) is 0 Å². The fourth-order valence-corrected chi connectivity index (χ4v) is 10.7. The molecule has 0 unspecified atom stereocenters. The number of benzene rings is 13. The van der Waals surface area contributed by atoms with E-state index in [1.165, 1.54) is 98.7 Å². The normalized spacial score (nSPS) is 11.4. The quantitative estimate of drug-likeness (QED) is 0.131. The van der Waals surface area contributed by atoms with Gasteiger partial charge in [-0.2, -0.15) is 0 Å². The van der Waals surface area contributed by atoms with Crippen molar-refractivity contribution in [1.29, 1.82) is 0 Å². The van der Waals surface area contributed by atoms with Gasteiger partial charge in [0.15, 0.2) is 0 Å². The minimum atomic E-state index is 1.07. The Labute approximate surface area is 414 Å². The molecule has 71 heavy (non-hydrogen) atoms. The molecule has 0 saturated carbocycles. The second-order valence-corrected chi connectivity index (χ2v) is 18.5. The van der Waals surface area contributed by atoms with E-state index >= 15 is 0 Å². The van der Waals surface area contributed by atoms with Crippen molar-refractivity contribution in [1.82, 2.24) is 0 Å². The van der Waals surface area contributed by atoms with Crippen molar-refractivity contribution >= 4 is 60.2 Å². The van der Waals surface area contributed by atoms with Gasteiger partial charge < -0.3 is 4.90 Å². The Kier molecular flexibility index (Phi) is 10.6. The molecule has 0 saturated heterocycles. The van der Waals surface area contributed by atoms with Gasteiger partial charge >= 0.3 is 0 Å². The Balaban J connectivity index is 1.07. The van der Waals surface area contributed by atoms with E-state index in [-0.39, 0.29) is 0 Å². The number of nitrogens with zero attached hydrogens (tertiary/aromatic N) is 1. The van der Waals surface area contributed by atoms with Crippen LogP contribution < -0.4 is 4.90 Å². The van der Waals surface area contributed by atoms with E-state index in [0.717, 1.165) is 28.2 Å². The molecule has 1 nitrogen and oxygen atoms in total. The van der Waals surface area contributed by atoms with Crippen molar-refractivity contribution in [2.45, 2.75) is 0 Å². The van der Waals surface area contributed by atoms with Gasteiger partial charge in [-0.25, -0.2) is 0 Å². The Hall–Kier alpha value is -9.30. The van der Waals surface area contributed by atoms with Crippen molar-refractivity contribution in [3.8, 4) is 66.8 Å². The standard InChI is InChI=1S/C70H47N/c1-5-17-48(18-6-1)50-35-37-60(38-36-50)71(61-39-40-64(51-21-9-3-10-22-51)70(47-61)52-23-11-4-12-24-52)62-42-58(56-32-31-54-30-29-53-25-13-14-26-63(53)67(54)45-56)41-59(43-62)69-46-57-34-33-55(49-19-7-2-8-20-49)44-68(57)65-27-15-16-28-66(65)69/h1-47H. The van der Waals surface area contributed by atoms with Gasteiger partial charge in [0.25, 0.3) is 0 Å². The molecule has 0 amide bonds. The fraction of sp³-hybridized carbons (Fsp3) is 0. The average molecular weight is 902 g/mol. The van der Waals surface area contributed by atoms with Crippen molar-refractivity contribution in [3.05, 3.63) is 285 Å². The van der Waals surface area contributed by atoms with Gasteiger partial charge in [-0.1, -0.05) is 224 Å². The molecule has 0 aliphatic rings. The highest BCUT2D eigenvalue weighted by molar-refractivity contribution is 6.15. The van der Waals surface area contributed by atoms with Crippen LogP contribution in [0.4, 0.5) is 17.1 Å². The third-order valence-corrected chi connectivity index (χ3v) is 14.2. The van der Waals surface area contributed by atoms with Crippen LogP contribution in [0.1, 0.15) is 0 Å². The molecule has 0 bridgehead atoms. The Morgan fingerprint density at radius 2 is 0.620 bits per heavy atom. The van der Waals surface area contributed by atoms with E-state index < -0.39 is 0 Å². The van der Waals surface area contributed by atoms with Crippen LogP contribution in [0.3, 0.4) is 0 Å². The van der Waals surface area contributed by atoms with Crippen molar-refractivity contribution in [2.75, 3.05) is 4.90 Å². The maximum absolute atomic E-state index is 2.45. The first kappa shape index (κ1) is 41.9. The summed E-state index contributed by atoms with van der Waals surface area (Å²) in [7, 11) is 0. The van der Waals surface area contributed by atoms with Crippen LogP contribution in [0.5, 0.6) is 0 Å². The van der Waals surface area contributed by atoms with Gasteiger partial charge in [0.2, 0.25) is 0 Å². The summed E-state index contributed by atoms with van der Waals surface area (Å²) in [5.74, 6) is 0. The monoisotopic (exact) mass is 901 g/mol. The number of anilines is 3. The number of hydrogen-bond acceptors (Lipinski definition) is 1. The summed E-state index contributed by atoms with van der Waals surface area (Å²) >= 11 is 0. The smallest absolute Gasteiger partial charge is 0.0473 e. The van der Waals surface area contributed by atoms with E-state index in [2.05, 4.69) is 290 Å². The lowest BCUT2D eigenvalue weighted by molar-refractivity contribution is 1.28. The van der Waals surface area contributed by atoms with Gasteiger partial charge in [-0.05, 0) is 171 Å². The molecule has 332 valence electrons. The third-order valence-electron chi connectivity index (χ3n) is 14.2. The van der Waals surface area contributed by atoms with Crippen molar-refractivity contribution < 1.29 is 0 Å². The zero-order valence-corrected chi connectivity index (χ0v) is 39.1. The molecule has 13 aromatic carbocycles. The summed E-state index contributed by atoms with van der Waals surface area (Å²) < 4.78 is 0. The molecule has 13 aromatic rings. The van der Waals surface area contributed by atoms with E-state index in [0.29, 0.717) is 0 Å². The SMILES string of the molecule is c1ccc(-c2ccc(N(c3cc(-c4ccc5ccc6ccccc6c5c4)cc(-c4cc5ccc(-c6ccccc6)cc5c5ccccc45)c3)c3ccc(-c4ccccc4)c(-c4ccccc4)c3)cc2)cc1. The molecule has 0 fully saturated rings. The number of rotatable bonds is 9. The second-order valence-electron chi connectivity index (χ2n) is 18.5. The van der Waals surface area contributed by atoms with E-state index in [1.54, 1.807) is 0 Å². The van der Waals surface area contributed by atoms with Gasteiger partial charge in [-0.3, -0.25) is 0 Å². The fourth-order valence-electron chi connectivity index (χ4n) is 10.7. The van der Waals surface area contributed by atoms with Crippen LogP contribution in [0, 0.1) is 0 Å². The van der Waals surface area contributed by atoms with E-state index in [4.69, 9.17) is 0 Å². The predicted octanol–water partition coefficient (Wildman–Crippen LogP) is 19.8. The molecular weight excluding hydrogens is 855 g/mol.